The summed E-state index contributed by atoms with van der Waals surface area (Å²) >= 11 is 5.83. The zero-order chi connectivity index (χ0) is 25.6. The number of hydrogen-bond acceptors (Lipinski definition) is 4. The average molecular weight is 529 g/mol. The van der Waals surface area contributed by atoms with Crippen LogP contribution in [0.15, 0.2) is 59.1 Å². The number of hydrogen-bond donors (Lipinski definition) is 0. The molecule has 2 aromatic carbocycles. The molecule has 0 bridgehead atoms. The summed E-state index contributed by atoms with van der Waals surface area (Å²) in [6, 6.07) is 11.4. The van der Waals surface area contributed by atoms with Crippen molar-refractivity contribution in [3.05, 3.63) is 82.1 Å². The Morgan fingerprint density at radius 2 is 1.97 bits per heavy atom. The fourth-order valence-electron chi connectivity index (χ4n) is 5.50. The minimum atomic E-state index is -4.05. The predicted molar refractivity (Wildman–Crippen MR) is 132 cm³/mol. The fraction of sp³-hybridized carbons (Fsp3) is 0.308. The summed E-state index contributed by atoms with van der Waals surface area (Å²) in [6.45, 7) is 1.95. The number of allylic oxidation sites excluding steroid dienone is 1. The molecule has 0 N–H and O–H groups in total. The van der Waals surface area contributed by atoms with E-state index in [0.717, 1.165) is 46.2 Å². The highest BCUT2D eigenvalue weighted by Gasteiger charge is 2.42. The molecule has 0 unspecified atom stereocenters. The van der Waals surface area contributed by atoms with Gasteiger partial charge in [0.05, 0.1) is 33.6 Å². The largest absolute Gasteiger partial charge is 0.244 e. The molecule has 1 saturated carbocycles. The van der Waals surface area contributed by atoms with Gasteiger partial charge in [0.25, 0.3) is 0 Å². The van der Waals surface area contributed by atoms with Crippen LogP contribution in [0.4, 0.5) is 8.78 Å². The Labute approximate surface area is 213 Å². The van der Waals surface area contributed by atoms with E-state index >= 15 is 0 Å². The third-order valence-electron chi connectivity index (χ3n) is 7.21. The summed E-state index contributed by atoms with van der Waals surface area (Å²) in [5.74, 6) is -0.858. The van der Waals surface area contributed by atoms with Crippen LogP contribution in [0.2, 0.25) is 5.02 Å². The van der Waals surface area contributed by atoms with Gasteiger partial charge in [-0.25, -0.2) is 21.9 Å². The standard InChI is InChI=1S/C26H23ClF2N4O2S/c1-16-22-14-31-33(20-6-4-19(28)5-7-20)25(22)12-17-2-3-18(26(16)17)15-32(11-10-30)36(34,35)21-8-9-24(29)23(27)13-21/h4-9,12-14,16,18,26H,2-3,11,15H2,1H3/t16-,18+,26-/m0/s1. The Morgan fingerprint density at radius 3 is 2.67 bits per heavy atom. The molecule has 0 spiro atoms. The van der Waals surface area contributed by atoms with Gasteiger partial charge in [-0.05, 0) is 79.1 Å². The van der Waals surface area contributed by atoms with Crippen molar-refractivity contribution in [2.75, 3.05) is 13.1 Å². The summed E-state index contributed by atoms with van der Waals surface area (Å²) in [4.78, 5) is -0.141. The van der Waals surface area contributed by atoms with E-state index in [1.165, 1.54) is 23.8 Å². The fourth-order valence-corrected chi connectivity index (χ4v) is 7.17. The minimum absolute atomic E-state index is 0.00684. The second-order valence-electron chi connectivity index (χ2n) is 9.24. The molecule has 1 aromatic heterocycles. The molecule has 10 heteroatoms. The van der Waals surface area contributed by atoms with E-state index in [-0.39, 0.29) is 46.6 Å². The number of aromatic nitrogens is 2. The minimum Gasteiger partial charge on any atom is -0.233 e. The molecule has 2 aliphatic rings. The summed E-state index contributed by atoms with van der Waals surface area (Å²) in [5, 5.41) is 13.6. The number of benzene rings is 2. The van der Waals surface area contributed by atoms with Crippen molar-refractivity contribution < 1.29 is 17.2 Å². The number of nitriles is 1. The molecule has 0 amide bonds. The van der Waals surface area contributed by atoms with Gasteiger partial charge >= 0.3 is 0 Å². The number of sulfonamides is 1. The van der Waals surface area contributed by atoms with E-state index in [0.29, 0.717) is 0 Å². The highest BCUT2D eigenvalue weighted by atomic mass is 35.5. The van der Waals surface area contributed by atoms with E-state index in [1.54, 1.807) is 16.8 Å². The smallest absolute Gasteiger partial charge is 0.233 e. The SMILES string of the molecule is C[C@H]1c2cnn(-c3ccc(F)cc3)c2C=C2CC[C@H](CN(CC#N)S(=O)(=O)c3ccc(F)c(Cl)c3)[C@H]21. The lowest BCUT2D eigenvalue weighted by molar-refractivity contribution is 0.296. The first-order valence-corrected chi connectivity index (χ1v) is 13.4. The van der Waals surface area contributed by atoms with Crippen LogP contribution in [0, 0.1) is 34.8 Å². The van der Waals surface area contributed by atoms with Gasteiger partial charge in [-0.15, -0.1) is 0 Å². The van der Waals surface area contributed by atoms with Crippen LogP contribution in [-0.4, -0.2) is 35.6 Å². The Hall–Kier alpha value is -3.06. The van der Waals surface area contributed by atoms with E-state index in [4.69, 9.17) is 11.6 Å². The first kappa shape index (κ1) is 24.6. The molecule has 0 aliphatic heterocycles. The van der Waals surface area contributed by atoms with Gasteiger partial charge in [-0.3, -0.25) is 0 Å². The van der Waals surface area contributed by atoms with Crippen molar-refractivity contribution in [1.29, 1.82) is 5.26 Å². The maximum atomic E-state index is 13.6. The maximum absolute atomic E-state index is 13.6. The van der Waals surface area contributed by atoms with Crippen LogP contribution >= 0.6 is 11.6 Å². The molecule has 6 nitrogen and oxygen atoms in total. The third kappa shape index (κ3) is 4.23. The van der Waals surface area contributed by atoms with Crippen molar-refractivity contribution >= 4 is 27.7 Å². The monoisotopic (exact) mass is 528 g/mol. The first-order chi connectivity index (χ1) is 17.2. The molecular formula is C26H23ClF2N4O2S. The zero-order valence-corrected chi connectivity index (χ0v) is 21.0. The summed E-state index contributed by atoms with van der Waals surface area (Å²) in [6.07, 6.45) is 5.50. The first-order valence-electron chi connectivity index (χ1n) is 11.6. The highest BCUT2D eigenvalue weighted by molar-refractivity contribution is 7.89. The van der Waals surface area contributed by atoms with Crippen LogP contribution in [-0.2, 0) is 10.0 Å². The van der Waals surface area contributed by atoms with E-state index < -0.39 is 15.8 Å². The topological polar surface area (TPSA) is 79.0 Å². The third-order valence-corrected chi connectivity index (χ3v) is 9.31. The quantitative estimate of drug-likeness (QED) is 0.393. The van der Waals surface area contributed by atoms with Crippen LogP contribution in [0.5, 0.6) is 0 Å². The van der Waals surface area contributed by atoms with E-state index in [1.807, 2.05) is 12.3 Å². The number of nitrogens with zero attached hydrogens (tertiary/aromatic N) is 4. The molecule has 0 saturated heterocycles. The van der Waals surface area contributed by atoms with Gasteiger partial charge in [0.2, 0.25) is 10.0 Å². The second-order valence-corrected chi connectivity index (χ2v) is 11.6. The molecule has 3 atom stereocenters. The molecule has 1 fully saturated rings. The highest BCUT2D eigenvalue weighted by Crippen LogP contribution is 2.50. The van der Waals surface area contributed by atoms with Gasteiger partial charge in [0, 0.05) is 12.1 Å². The molecule has 186 valence electrons. The van der Waals surface area contributed by atoms with Gasteiger partial charge in [0.1, 0.15) is 18.2 Å². The maximum Gasteiger partial charge on any atom is 0.244 e. The van der Waals surface area contributed by atoms with Gasteiger partial charge < -0.3 is 0 Å². The van der Waals surface area contributed by atoms with Crippen molar-refractivity contribution in [2.24, 2.45) is 11.8 Å². The molecule has 0 radical (unpaired) electrons. The zero-order valence-electron chi connectivity index (χ0n) is 19.4. The van der Waals surface area contributed by atoms with Crippen molar-refractivity contribution in [3.63, 3.8) is 0 Å². The number of fused-ring (bicyclic) bond motifs is 2. The lowest BCUT2D eigenvalue weighted by Gasteiger charge is -2.33. The van der Waals surface area contributed by atoms with E-state index in [2.05, 4.69) is 18.1 Å². The van der Waals surface area contributed by atoms with Crippen LogP contribution in [0.3, 0.4) is 0 Å². The summed E-state index contributed by atoms with van der Waals surface area (Å²) < 4.78 is 56.7. The second kappa shape index (κ2) is 9.43. The Bertz CT molecular complexity index is 1500. The normalized spacial score (nSPS) is 21.1. The molecule has 2 aliphatic carbocycles. The Kier molecular flexibility index (Phi) is 6.45. The number of rotatable bonds is 6. The molecule has 1 heterocycles. The van der Waals surface area contributed by atoms with Gasteiger partial charge in [-0.1, -0.05) is 24.1 Å². The van der Waals surface area contributed by atoms with Gasteiger partial charge in [0.15, 0.2) is 0 Å². The van der Waals surface area contributed by atoms with Crippen LogP contribution in [0.1, 0.15) is 36.9 Å². The van der Waals surface area contributed by atoms with Crippen molar-refractivity contribution in [2.45, 2.75) is 30.6 Å². The lowest BCUT2D eigenvalue weighted by Crippen LogP contribution is -2.38. The van der Waals surface area contributed by atoms with Crippen LogP contribution < -0.4 is 0 Å². The van der Waals surface area contributed by atoms with Crippen LogP contribution in [0.25, 0.3) is 11.8 Å². The van der Waals surface area contributed by atoms with E-state index in [9.17, 15) is 22.5 Å². The molecular weight excluding hydrogens is 506 g/mol. The summed E-state index contributed by atoms with van der Waals surface area (Å²) in [7, 11) is -4.05. The van der Waals surface area contributed by atoms with Crippen molar-refractivity contribution in [3.8, 4) is 11.8 Å². The summed E-state index contributed by atoms with van der Waals surface area (Å²) in [5.41, 5.74) is 3.96. The molecule has 3 aromatic rings. The Balaban J connectivity index is 1.43. The molecule has 5 rings (SSSR count). The Morgan fingerprint density at radius 1 is 1.22 bits per heavy atom. The van der Waals surface area contributed by atoms with Gasteiger partial charge in [-0.2, -0.15) is 14.7 Å². The number of halogens is 3. The molecule has 36 heavy (non-hydrogen) atoms. The lowest BCUT2D eigenvalue weighted by atomic mass is 9.75. The predicted octanol–water partition coefficient (Wildman–Crippen LogP) is 5.55. The van der Waals surface area contributed by atoms with Crippen molar-refractivity contribution in [1.82, 2.24) is 14.1 Å². The average Bonchev–Trinajstić information content (AvgIpc) is 3.46.